The van der Waals surface area contributed by atoms with Gasteiger partial charge in [0, 0.05) is 12.2 Å². The van der Waals surface area contributed by atoms with Crippen LogP contribution in [-0.2, 0) is 4.79 Å². The van der Waals surface area contributed by atoms with E-state index in [1.807, 2.05) is 50.2 Å². The summed E-state index contributed by atoms with van der Waals surface area (Å²) in [7, 11) is 0. The number of para-hydroxylation sites is 1. The molecule has 3 heteroatoms. The van der Waals surface area contributed by atoms with E-state index >= 15 is 0 Å². The smallest absolute Gasteiger partial charge is 0.244 e. The highest BCUT2D eigenvalue weighted by molar-refractivity contribution is 5.96. The van der Waals surface area contributed by atoms with Crippen molar-refractivity contribution in [1.29, 1.82) is 5.26 Å². The molecule has 0 aliphatic carbocycles. The Hall–Kier alpha value is -1.82. The molecular weight excluding hydrogens is 200 g/mol. The number of rotatable bonds is 4. The number of carbonyl (C=O) groups is 1. The van der Waals surface area contributed by atoms with Crippen molar-refractivity contribution in [2.75, 3.05) is 11.4 Å². The predicted octanol–water partition coefficient (Wildman–Crippen LogP) is 2.59. The molecule has 0 spiro atoms. The third kappa shape index (κ3) is 2.60. The Morgan fingerprint density at radius 3 is 2.44 bits per heavy atom. The van der Waals surface area contributed by atoms with E-state index in [-0.39, 0.29) is 5.91 Å². The van der Waals surface area contributed by atoms with Crippen LogP contribution in [0.2, 0.25) is 0 Å². The number of nitriles is 1. The van der Waals surface area contributed by atoms with Crippen LogP contribution in [-0.4, -0.2) is 12.5 Å². The van der Waals surface area contributed by atoms with E-state index in [0.717, 1.165) is 5.69 Å². The summed E-state index contributed by atoms with van der Waals surface area (Å²) < 4.78 is 0. The number of hydrogen-bond acceptors (Lipinski definition) is 2. The molecule has 84 valence electrons. The first-order valence-electron chi connectivity index (χ1n) is 5.50. The molecule has 0 N–H and O–H groups in total. The van der Waals surface area contributed by atoms with Crippen molar-refractivity contribution in [3.8, 4) is 6.07 Å². The van der Waals surface area contributed by atoms with Crippen LogP contribution in [0.15, 0.2) is 30.3 Å². The Kier molecular flexibility index (Phi) is 4.53. The van der Waals surface area contributed by atoms with Crippen molar-refractivity contribution in [2.24, 2.45) is 5.92 Å². The van der Waals surface area contributed by atoms with Gasteiger partial charge in [0.15, 0.2) is 0 Å². The molecule has 0 fully saturated rings. The topological polar surface area (TPSA) is 44.1 Å². The zero-order valence-electron chi connectivity index (χ0n) is 9.68. The first-order valence-corrected chi connectivity index (χ1v) is 5.50. The van der Waals surface area contributed by atoms with Crippen molar-refractivity contribution >= 4 is 11.6 Å². The molecule has 16 heavy (non-hydrogen) atoms. The minimum absolute atomic E-state index is 0.112. The van der Waals surface area contributed by atoms with E-state index in [4.69, 9.17) is 5.26 Å². The Balaban J connectivity index is 2.92. The van der Waals surface area contributed by atoms with Gasteiger partial charge in [0.2, 0.25) is 5.91 Å². The van der Waals surface area contributed by atoms with E-state index in [1.165, 1.54) is 0 Å². The minimum Gasteiger partial charge on any atom is -0.312 e. The van der Waals surface area contributed by atoms with Gasteiger partial charge in [0.25, 0.3) is 0 Å². The van der Waals surface area contributed by atoms with E-state index in [2.05, 4.69) is 0 Å². The van der Waals surface area contributed by atoms with Gasteiger partial charge in [-0.3, -0.25) is 4.79 Å². The molecule has 0 aliphatic rings. The number of nitrogens with zero attached hydrogens (tertiary/aromatic N) is 2. The molecule has 0 saturated carbocycles. The van der Waals surface area contributed by atoms with Crippen LogP contribution >= 0.6 is 0 Å². The van der Waals surface area contributed by atoms with Gasteiger partial charge in [0.1, 0.15) is 5.92 Å². The van der Waals surface area contributed by atoms with Crippen molar-refractivity contribution in [1.82, 2.24) is 0 Å². The lowest BCUT2D eigenvalue weighted by Crippen LogP contribution is -2.35. The first-order chi connectivity index (χ1) is 7.74. The average molecular weight is 216 g/mol. The third-order valence-corrected chi connectivity index (χ3v) is 2.51. The van der Waals surface area contributed by atoms with Crippen LogP contribution in [0.4, 0.5) is 5.69 Å². The highest BCUT2D eigenvalue weighted by atomic mass is 16.2. The van der Waals surface area contributed by atoms with Gasteiger partial charge in [-0.2, -0.15) is 5.26 Å². The van der Waals surface area contributed by atoms with Gasteiger partial charge in [-0.1, -0.05) is 25.1 Å². The largest absolute Gasteiger partial charge is 0.312 e. The lowest BCUT2D eigenvalue weighted by Gasteiger charge is -2.22. The highest BCUT2D eigenvalue weighted by Crippen LogP contribution is 2.17. The van der Waals surface area contributed by atoms with Crippen molar-refractivity contribution in [3.63, 3.8) is 0 Å². The molecule has 0 radical (unpaired) electrons. The fourth-order valence-corrected chi connectivity index (χ4v) is 1.58. The SMILES string of the molecule is CCC(C#N)C(=O)N(CC)c1ccccc1. The maximum absolute atomic E-state index is 12.0. The van der Waals surface area contributed by atoms with Gasteiger partial charge in [0.05, 0.1) is 6.07 Å². The monoisotopic (exact) mass is 216 g/mol. The second-order valence-corrected chi connectivity index (χ2v) is 3.51. The third-order valence-electron chi connectivity index (χ3n) is 2.51. The minimum atomic E-state index is -0.542. The summed E-state index contributed by atoms with van der Waals surface area (Å²) in [5.74, 6) is -0.654. The average Bonchev–Trinajstić information content (AvgIpc) is 2.33. The van der Waals surface area contributed by atoms with Crippen LogP contribution in [0.25, 0.3) is 0 Å². The fraction of sp³-hybridized carbons (Fsp3) is 0.385. The zero-order valence-corrected chi connectivity index (χ0v) is 9.68. The number of anilines is 1. The lowest BCUT2D eigenvalue weighted by molar-refractivity contribution is -0.120. The van der Waals surface area contributed by atoms with E-state index < -0.39 is 5.92 Å². The van der Waals surface area contributed by atoms with Gasteiger partial charge >= 0.3 is 0 Å². The Bertz CT molecular complexity index is 381. The number of amides is 1. The van der Waals surface area contributed by atoms with Crippen LogP contribution in [0, 0.1) is 17.2 Å². The Morgan fingerprint density at radius 1 is 1.38 bits per heavy atom. The highest BCUT2D eigenvalue weighted by Gasteiger charge is 2.22. The molecule has 0 aromatic heterocycles. The molecular formula is C13H16N2O. The summed E-state index contributed by atoms with van der Waals surface area (Å²) in [4.78, 5) is 13.7. The second-order valence-electron chi connectivity index (χ2n) is 3.51. The molecule has 1 rings (SSSR count). The lowest BCUT2D eigenvalue weighted by atomic mass is 10.1. The summed E-state index contributed by atoms with van der Waals surface area (Å²) in [5, 5.41) is 8.89. The van der Waals surface area contributed by atoms with Gasteiger partial charge in [-0.25, -0.2) is 0 Å². The molecule has 0 saturated heterocycles. The summed E-state index contributed by atoms with van der Waals surface area (Å²) >= 11 is 0. The maximum atomic E-state index is 12.0. The first kappa shape index (κ1) is 12.3. The predicted molar refractivity (Wildman–Crippen MR) is 63.9 cm³/mol. The van der Waals surface area contributed by atoms with Crippen LogP contribution < -0.4 is 4.90 Å². The molecule has 1 aromatic carbocycles. The van der Waals surface area contributed by atoms with Crippen LogP contribution in [0.3, 0.4) is 0 Å². The van der Waals surface area contributed by atoms with E-state index in [9.17, 15) is 4.79 Å². The molecule has 1 atom stereocenters. The van der Waals surface area contributed by atoms with E-state index in [0.29, 0.717) is 13.0 Å². The number of carbonyl (C=O) groups excluding carboxylic acids is 1. The summed E-state index contributed by atoms with van der Waals surface area (Å²) in [6.45, 7) is 4.35. The fourth-order valence-electron chi connectivity index (χ4n) is 1.58. The quantitative estimate of drug-likeness (QED) is 0.776. The van der Waals surface area contributed by atoms with E-state index in [1.54, 1.807) is 4.90 Å². The maximum Gasteiger partial charge on any atom is 0.244 e. The van der Waals surface area contributed by atoms with Gasteiger partial charge in [-0.05, 0) is 25.5 Å². The zero-order chi connectivity index (χ0) is 12.0. The summed E-state index contributed by atoms with van der Waals surface area (Å²) in [6, 6.07) is 11.5. The molecule has 1 aromatic rings. The number of benzene rings is 1. The standard InChI is InChI=1S/C13H16N2O/c1-3-11(10-14)13(16)15(4-2)12-8-6-5-7-9-12/h5-9,11H,3-4H2,1-2H3. The van der Waals surface area contributed by atoms with Crippen molar-refractivity contribution in [2.45, 2.75) is 20.3 Å². The summed E-state index contributed by atoms with van der Waals surface area (Å²) in [6.07, 6.45) is 0.554. The van der Waals surface area contributed by atoms with Gasteiger partial charge in [-0.15, -0.1) is 0 Å². The molecule has 1 amide bonds. The second kappa shape index (κ2) is 5.92. The Labute approximate surface area is 96.3 Å². The number of hydrogen-bond donors (Lipinski definition) is 0. The molecule has 1 unspecified atom stereocenters. The molecule has 0 bridgehead atoms. The summed E-state index contributed by atoms with van der Waals surface area (Å²) in [5.41, 5.74) is 0.851. The molecule has 0 aliphatic heterocycles. The van der Waals surface area contributed by atoms with Crippen LogP contribution in [0.1, 0.15) is 20.3 Å². The normalized spacial score (nSPS) is 11.6. The van der Waals surface area contributed by atoms with Gasteiger partial charge < -0.3 is 4.90 Å². The molecule has 3 nitrogen and oxygen atoms in total. The molecule has 0 heterocycles. The van der Waals surface area contributed by atoms with Crippen LogP contribution in [0.5, 0.6) is 0 Å². The van der Waals surface area contributed by atoms with Crippen molar-refractivity contribution < 1.29 is 4.79 Å². The Morgan fingerprint density at radius 2 is 2.00 bits per heavy atom. The van der Waals surface area contributed by atoms with Crippen molar-refractivity contribution in [3.05, 3.63) is 30.3 Å².